The van der Waals surface area contributed by atoms with Gasteiger partial charge in [0.1, 0.15) is 17.4 Å². The molecule has 5 aromatic heterocycles. The number of aryl methyl sites for hydroxylation is 5. The number of hydrogen-bond donors (Lipinski definition) is 2. The maximum Gasteiger partial charge on any atom is 0.287 e. The molecule has 0 fully saturated rings. The smallest absolute Gasteiger partial charge is 0.287 e. The summed E-state index contributed by atoms with van der Waals surface area (Å²) >= 11 is 0. The minimum absolute atomic E-state index is 0.0401. The van der Waals surface area contributed by atoms with Gasteiger partial charge in [0.2, 0.25) is 17.3 Å². The van der Waals surface area contributed by atoms with Gasteiger partial charge in [0, 0.05) is 105 Å². The highest BCUT2D eigenvalue weighted by Gasteiger charge is 2.23. The minimum atomic E-state index is -0.502. The third kappa shape index (κ3) is 9.93. The Kier molecular flexibility index (Phi) is 12.5. The summed E-state index contributed by atoms with van der Waals surface area (Å²) in [5, 5.41) is 5.72. The van der Waals surface area contributed by atoms with E-state index in [4.69, 9.17) is 0 Å². The van der Waals surface area contributed by atoms with Crippen molar-refractivity contribution in [2.24, 2.45) is 35.2 Å². The zero-order valence-corrected chi connectivity index (χ0v) is 32.5. The minimum Gasteiger partial charge on any atom is -0.368 e. The van der Waals surface area contributed by atoms with Crippen LogP contribution in [-0.4, -0.2) is 96.5 Å². The molecule has 0 aliphatic rings. The van der Waals surface area contributed by atoms with Crippen LogP contribution in [0, 0.1) is 0 Å². The van der Waals surface area contributed by atoms with Crippen molar-refractivity contribution in [2.45, 2.75) is 52.4 Å². The number of carbonyl (C=O) groups excluding carboxylic acids is 7. The van der Waals surface area contributed by atoms with Gasteiger partial charge in [-0.15, -0.1) is 0 Å². The first-order chi connectivity index (χ1) is 26.5. The Morgan fingerprint density at radius 2 is 1.04 bits per heavy atom. The molecule has 18 heteroatoms. The quantitative estimate of drug-likeness (QED) is 0.108. The van der Waals surface area contributed by atoms with E-state index in [0.29, 0.717) is 41.6 Å². The van der Waals surface area contributed by atoms with Gasteiger partial charge < -0.3 is 33.5 Å². The van der Waals surface area contributed by atoms with Gasteiger partial charge in [-0.25, -0.2) is 19.9 Å². The monoisotopic (exact) mass is 767 g/mol. The Morgan fingerprint density at radius 1 is 0.554 bits per heavy atom. The third-order valence-corrected chi connectivity index (χ3v) is 8.93. The fourth-order valence-electron chi connectivity index (χ4n) is 6.27. The highest BCUT2D eigenvalue weighted by molar-refractivity contribution is 5.98. The van der Waals surface area contributed by atoms with Crippen LogP contribution in [-0.2, 0) is 70.5 Å². The number of hydrogen-bond acceptors (Lipinski definition) is 12. The number of ketones is 6. The first-order valence-electron chi connectivity index (χ1n) is 17.9. The molecular formula is C38H45N11O7. The van der Waals surface area contributed by atoms with Gasteiger partial charge >= 0.3 is 0 Å². The van der Waals surface area contributed by atoms with Gasteiger partial charge in [0.25, 0.3) is 5.91 Å². The van der Waals surface area contributed by atoms with Crippen LogP contribution in [0.3, 0.4) is 0 Å². The van der Waals surface area contributed by atoms with E-state index in [9.17, 15) is 33.6 Å². The maximum atomic E-state index is 13.3. The largest absolute Gasteiger partial charge is 0.368 e. The lowest BCUT2D eigenvalue weighted by Gasteiger charge is -2.04. The summed E-state index contributed by atoms with van der Waals surface area (Å²) in [4.78, 5) is 105. The van der Waals surface area contributed by atoms with Gasteiger partial charge in [0.05, 0.1) is 42.0 Å². The first kappa shape index (κ1) is 40.6. The van der Waals surface area contributed by atoms with Crippen LogP contribution in [0.4, 0.5) is 5.82 Å². The predicted molar refractivity (Wildman–Crippen MR) is 202 cm³/mol. The molecule has 56 heavy (non-hydrogen) atoms. The Hall–Kier alpha value is -6.59. The maximum absolute atomic E-state index is 13.3. The fourth-order valence-corrected chi connectivity index (χ4v) is 6.27. The van der Waals surface area contributed by atoms with Crippen molar-refractivity contribution in [1.29, 1.82) is 0 Å². The average molecular weight is 768 g/mol. The van der Waals surface area contributed by atoms with E-state index >= 15 is 0 Å². The van der Waals surface area contributed by atoms with Crippen molar-refractivity contribution >= 4 is 46.4 Å². The molecule has 0 spiro atoms. The van der Waals surface area contributed by atoms with Gasteiger partial charge in [-0.2, -0.15) is 0 Å². The van der Waals surface area contributed by atoms with E-state index in [-0.39, 0.29) is 96.6 Å². The summed E-state index contributed by atoms with van der Waals surface area (Å²) in [6, 6.07) is 1.69. The second-order valence-electron chi connectivity index (χ2n) is 13.9. The van der Waals surface area contributed by atoms with Crippen molar-refractivity contribution in [1.82, 2.24) is 48.1 Å². The molecule has 0 aromatic carbocycles. The molecule has 0 saturated heterocycles. The van der Waals surface area contributed by atoms with E-state index in [0.717, 1.165) is 5.56 Å². The van der Waals surface area contributed by atoms with E-state index in [2.05, 4.69) is 30.6 Å². The van der Waals surface area contributed by atoms with Crippen LogP contribution in [0.1, 0.15) is 102 Å². The van der Waals surface area contributed by atoms with Crippen LogP contribution in [0.25, 0.3) is 0 Å². The number of amides is 1. The molecule has 2 N–H and O–H groups in total. The number of anilines is 1. The average Bonchev–Trinajstić information content (AvgIpc) is 3.93. The molecule has 0 unspecified atom stereocenters. The second kappa shape index (κ2) is 17.3. The van der Waals surface area contributed by atoms with Gasteiger partial charge in [-0.3, -0.25) is 33.6 Å². The zero-order valence-electron chi connectivity index (χ0n) is 32.5. The second-order valence-corrected chi connectivity index (χ2v) is 13.9. The first-order valence-corrected chi connectivity index (χ1v) is 17.9. The van der Waals surface area contributed by atoms with Crippen molar-refractivity contribution in [2.75, 3.05) is 18.4 Å². The molecule has 0 radical (unpaired) electrons. The SMILES string of the molecule is CC(=O)CCNc1cn(C)c(C(=O)Cc2cn(C)c(C(=O)Cc3cn(C)c(C(=O)Cc4cn(C)c(C(=O)NCCC(=O)Cc5cc(C(C)=O)n(C)c5)n4)n3)n2)n1. The molecule has 0 atom stereocenters. The molecule has 5 heterocycles. The predicted octanol–water partition coefficient (Wildman–Crippen LogP) is 1.76. The number of imidazole rings is 4. The topological polar surface area (TPSA) is 220 Å². The lowest BCUT2D eigenvalue weighted by atomic mass is 10.1. The standard InChI is InChI=1S/C38H45N11O7/c1-22(50)8-10-39-33-21-49(7)36(44-33)32(55)15-26-19-47(5)34(42-26)30(53)14-25-18-46(4)35(41-25)31(54)16-27-20-48(6)37(43-27)38(56)40-11-9-28(52)12-24-13-29(23(2)51)45(3)17-24/h13,17-21,39H,8-12,14-16H2,1-7H3,(H,40,56). The molecule has 0 aliphatic heterocycles. The van der Waals surface area contributed by atoms with Crippen LogP contribution in [0.15, 0.2) is 37.1 Å². The molecule has 294 valence electrons. The summed E-state index contributed by atoms with van der Waals surface area (Å²) in [7, 11) is 8.35. The third-order valence-electron chi connectivity index (χ3n) is 8.93. The van der Waals surface area contributed by atoms with Gasteiger partial charge in [0.15, 0.2) is 29.1 Å². The highest BCUT2D eigenvalue weighted by Crippen LogP contribution is 2.15. The van der Waals surface area contributed by atoms with E-state index in [1.165, 1.54) is 27.5 Å². The van der Waals surface area contributed by atoms with Gasteiger partial charge in [-0.1, -0.05) is 0 Å². The molecule has 5 aromatic rings. The summed E-state index contributed by atoms with van der Waals surface area (Å²) in [6.45, 7) is 3.45. The number of aromatic nitrogens is 9. The van der Waals surface area contributed by atoms with Crippen LogP contribution < -0.4 is 10.6 Å². The lowest BCUT2D eigenvalue weighted by molar-refractivity contribution is -0.118. The number of nitrogens with one attached hydrogen (secondary N) is 2. The molecule has 0 aliphatic carbocycles. The number of Topliss-reactive ketones (excluding diaryl/α,β-unsaturated/α-hetero) is 6. The molecule has 18 nitrogen and oxygen atoms in total. The normalized spacial score (nSPS) is 11.1. The van der Waals surface area contributed by atoms with Gasteiger partial charge in [-0.05, 0) is 18.6 Å². The number of carbonyl (C=O) groups is 7. The summed E-state index contributed by atoms with van der Waals surface area (Å²) in [5.74, 6) is -0.701. The Morgan fingerprint density at radius 3 is 1.54 bits per heavy atom. The summed E-state index contributed by atoms with van der Waals surface area (Å²) < 4.78 is 7.82. The molecule has 5 rings (SSSR count). The lowest BCUT2D eigenvalue weighted by Crippen LogP contribution is -2.28. The number of rotatable bonds is 20. The molecule has 0 bridgehead atoms. The van der Waals surface area contributed by atoms with E-state index in [1.54, 1.807) is 81.4 Å². The summed E-state index contributed by atoms with van der Waals surface area (Å²) in [5.41, 5.74) is 2.31. The van der Waals surface area contributed by atoms with Crippen LogP contribution in [0.5, 0.6) is 0 Å². The van der Waals surface area contributed by atoms with E-state index < -0.39 is 5.91 Å². The van der Waals surface area contributed by atoms with Crippen molar-refractivity contribution in [3.8, 4) is 0 Å². The summed E-state index contributed by atoms with van der Waals surface area (Å²) in [6.07, 6.45) is 8.34. The Bertz CT molecular complexity index is 2350. The fraction of sp³-hybridized carbons (Fsp3) is 0.395. The zero-order chi connectivity index (χ0) is 40.8. The van der Waals surface area contributed by atoms with Crippen molar-refractivity contribution in [3.05, 3.63) is 88.7 Å². The molecular weight excluding hydrogens is 722 g/mol. The highest BCUT2D eigenvalue weighted by atomic mass is 16.2. The molecule has 0 saturated carbocycles. The van der Waals surface area contributed by atoms with Crippen LogP contribution >= 0.6 is 0 Å². The van der Waals surface area contributed by atoms with Crippen molar-refractivity contribution < 1.29 is 33.6 Å². The number of nitrogens with zero attached hydrogens (tertiary/aromatic N) is 9. The Balaban J connectivity index is 1.13. The van der Waals surface area contributed by atoms with E-state index in [1.807, 2.05) is 0 Å². The van der Waals surface area contributed by atoms with Crippen LogP contribution in [0.2, 0.25) is 0 Å². The molecule has 1 amide bonds. The Labute approximate surface area is 322 Å². The van der Waals surface area contributed by atoms with Crippen molar-refractivity contribution in [3.63, 3.8) is 0 Å².